The lowest BCUT2D eigenvalue weighted by atomic mass is 9.97. The summed E-state index contributed by atoms with van der Waals surface area (Å²) in [5.74, 6) is 3.66. The standard InChI is InChI=1S/C74H122N12O2/c1-17-61-53(7)65-45-66-55(9)63(31-33-73(87)85(21-5)41-29-27-39-83(15)51-59-43-57(59)49-81(13)37-25-23-35-79(11)19-3)71(77-66)48-72-64(56(10)68(78-72)47-70-62(18-2)54(8)67(76-70)46-69(61)75-65)32-34-74(88)86(22-6)42-30-28-40-84(16)52-60-44-58(60)50-82(14)38-26-24-36-80(12)20-4/h45-48,57-60,75-76H,17-44,49-52H2,1-16H3. The molecule has 2 aliphatic carbocycles. The first kappa shape index (κ1) is 70.8. The lowest BCUT2D eigenvalue weighted by Gasteiger charge is -2.23. The molecule has 4 atom stereocenters. The summed E-state index contributed by atoms with van der Waals surface area (Å²) in [6.07, 6.45) is 15.7. The van der Waals surface area contributed by atoms with Gasteiger partial charge in [0.25, 0.3) is 0 Å². The molecule has 3 aromatic heterocycles. The molecule has 2 amide bonds. The molecule has 3 aromatic rings. The summed E-state index contributed by atoms with van der Waals surface area (Å²) in [5.41, 5.74) is 17.3. The smallest absolute Gasteiger partial charge is 0.222 e. The fraction of sp³-hybridized carbons (Fsp3) is 0.703. The molecule has 88 heavy (non-hydrogen) atoms. The van der Waals surface area contributed by atoms with E-state index >= 15 is 0 Å². The quantitative estimate of drug-likeness (QED) is 0.0533. The van der Waals surface area contributed by atoms with Gasteiger partial charge in [-0.2, -0.15) is 0 Å². The molecule has 7 rings (SSSR count). The van der Waals surface area contributed by atoms with Crippen LogP contribution >= 0.6 is 0 Å². The van der Waals surface area contributed by atoms with E-state index in [1.54, 1.807) is 0 Å². The van der Waals surface area contributed by atoms with E-state index in [2.05, 4.69) is 185 Å². The summed E-state index contributed by atoms with van der Waals surface area (Å²) in [5, 5.41) is 0. The number of rotatable bonds is 40. The SMILES string of the molecule is CCc1c(C)c2cc3[nH]c(cc4nc(cc5nc(cc1[nH]2)C(C)=C5CCC(=O)N(CC)CCCCN(C)CC1CC1CN(C)CCCCN(C)CC)C(CCC(=O)N(CC)CCCCN(C)CC1CC1CN(C)CCCCN(C)CC)=C4C)c(C)c3CC. The fourth-order valence-corrected chi connectivity index (χ4v) is 14.1. The fourth-order valence-electron chi connectivity index (χ4n) is 14.1. The first-order valence-corrected chi connectivity index (χ1v) is 35.1. The van der Waals surface area contributed by atoms with E-state index in [0.717, 1.165) is 169 Å². The zero-order chi connectivity index (χ0) is 63.6. The normalized spacial score (nSPS) is 17.6. The van der Waals surface area contributed by atoms with Gasteiger partial charge in [-0.3, -0.25) is 9.59 Å². The number of hydrogen-bond donors (Lipinski definition) is 2. The van der Waals surface area contributed by atoms with E-state index in [-0.39, 0.29) is 11.8 Å². The molecule has 14 heteroatoms. The Hall–Kier alpha value is -4.70. The highest BCUT2D eigenvalue weighted by atomic mass is 16.2. The third kappa shape index (κ3) is 20.1. The lowest BCUT2D eigenvalue weighted by molar-refractivity contribution is -0.131. The summed E-state index contributed by atoms with van der Waals surface area (Å²) in [7, 11) is 13.6. The van der Waals surface area contributed by atoms with Crippen LogP contribution in [0.1, 0.15) is 190 Å². The van der Waals surface area contributed by atoms with Crippen molar-refractivity contribution in [2.24, 2.45) is 23.7 Å². The number of fused-ring (bicyclic) bond motifs is 8. The first-order valence-electron chi connectivity index (χ1n) is 35.1. The van der Waals surface area contributed by atoms with Crippen LogP contribution in [-0.2, 0) is 22.4 Å². The number of aromatic amines is 2. The molecule has 490 valence electrons. The van der Waals surface area contributed by atoms with Crippen molar-refractivity contribution in [1.29, 1.82) is 0 Å². The van der Waals surface area contributed by atoms with Crippen molar-refractivity contribution >= 4 is 56.2 Å². The van der Waals surface area contributed by atoms with Crippen LogP contribution in [0.15, 0.2) is 24.3 Å². The Kier molecular flexibility index (Phi) is 27.9. The van der Waals surface area contributed by atoms with Gasteiger partial charge in [-0.15, -0.1) is 0 Å². The minimum atomic E-state index is 0.197. The molecular weight excluding hydrogens is 1090 g/mol. The van der Waals surface area contributed by atoms with Crippen molar-refractivity contribution in [2.75, 3.05) is 147 Å². The summed E-state index contributed by atoms with van der Waals surface area (Å²) in [4.78, 5) is 66.2. The zero-order valence-corrected chi connectivity index (χ0v) is 58.5. The number of amides is 2. The number of H-pyrrole nitrogens is 2. The molecule has 8 bridgehead atoms. The van der Waals surface area contributed by atoms with Gasteiger partial charge in [0.15, 0.2) is 0 Å². The third-order valence-electron chi connectivity index (χ3n) is 20.7. The molecule has 0 spiro atoms. The summed E-state index contributed by atoms with van der Waals surface area (Å²) in [6, 6.07) is 8.89. The van der Waals surface area contributed by atoms with Crippen LogP contribution < -0.4 is 0 Å². The lowest BCUT2D eigenvalue weighted by Crippen LogP contribution is -2.32. The minimum absolute atomic E-state index is 0.197. The van der Waals surface area contributed by atoms with Gasteiger partial charge in [0.1, 0.15) is 0 Å². The number of nitrogens with one attached hydrogen (secondary N) is 2. The van der Waals surface area contributed by atoms with Gasteiger partial charge in [-0.05, 0) is 319 Å². The largest absolute Gasteiger partial charge is 0.355 e. The third-order valence-corrected chi connectivity index (χ3v) is 20.7. The second-order valence-corrected chi connectivity index (χ2v) is 27.5. The molecule has 4 unspecified atom stereocenters. The van der Waals surface area contributed by atoms with Gasteiger partial charge in [-0.25, -0.2) is 9.97 Å². The maximum absolute atomic E-state index is 14.3. The molecule has 2 N–H and O–H groups in total. The number of unbranched alkanes of at least 4 members (excludes halogenated alkanes) is 4. The number of hydrogen-bond acceptors (Lipinski definition) is 10. The number of carbonyl (C=O) groups excluding carboxylic acids is 2. The predicted molar refractivity (Wildman–Crippen MR) is 374 cm³/mol. The molecule has 0 radical (unpaired) electrons. The second kappa shape index (κ2) is 34.6. The average Bonchev–Trinajstić information content (AvgIpc) is 4.40. The number of aryl methyl sites for hydroxylation is 4. The van der Waals surface area contributed by atoms with Gasteiger partial charge < -0.3 is 49.2 Å². The zero-order valence-electron chi connectivity index (χ0n) is 58.5. The Morgan fingerprint density at radius 3 is 1.07 bits per heavy atom. The van der Waals surface area contributed by atoms with Crippen molar-refractivity contribution < 1.29 is 9.59 Å². The maximum atomic E-state index is 14.3. The van der Waals surface area contributed by atoms with E-state index in [9.17, 15) is 9.59 Å². The molecule has 2 aliphatic heterocycles. The minimum Gasteiger partial charge on any atom is -0.355 e. The van der Waals surface area contributed by atoms with E-state index < -0.39 is 0 Å². The Morgan fingerprint density at radius 2 is 0.727 bits per heavy atom. The summed E-state index contributed by atoms with van der Waals surface area (Å²) < 4.78 is 0. The molecule has 0 saturated heterocycles. The van der Waals surface area contributed by atoms with E-state index in [4.69, 9.17) is 9.97 Å². The van der Waals surface area contributed by atoms with E-state index in [1.807, 2.05) is 0 Å². The van der Waals surface area contributed by atoms with Crippen LogP contribution in [-0.4, -0.2) is 218 Å². The highest BCUT2D eigenvalue weighted by Crippen LogP contribution is 2.42. The van der Waals surface area contributed by atoms with Gasteiger partial charge in [-0.1, -0.05) is 27.7 Å². The number of nitrogens with zero attached hydrogens (tertiary/aromatic N) is 10. The van der Waals surface area contributed by atoms with E-state index in [1.165, 1.54) is 113 Å². The molecule has 2 saturated carbocycles. The molecule has 2 fully saturated rings. The van der Waals surface area contributed by atoms with Gasteiger partial charge >= 0.3 is 0 Å². The highest BCUT2D eigenvalue weighted by molar-refractivity contribution is 5.97. The van der Waals surface area contributed by atoms with Gasteiger partial charge in [0.05, 0.1) is 22.8 Å². The Balaban J connectivity index is 1.01. The van der Waals surface area contributed by atoms with Crippen LogP contribution in [0, 0.1) is 37.5 Å². The summed E-state index contributed by atoms with van der Waals surface area (Å²) >= 11 is 0. The summed E-state index contributed by atoms with van der Waals surface area (Å²) in [6.45, 7) is 38.9. The monoisotopic (exact) mass is 1210 g/mol. The second-order valence-electron chi connectivity index (χ2n) is 27.5. The first-order chi connectivity index (χ1) is 42.3. The number of aromatic nitrogens is 4. The van der Waals surface area contributed by atoms with Crippen molar-refractivity contribution in [3.63, 3.8) is 0 Å². The van der Waals surface area contributed by atoms with Crippen molar-refractivity contribution in [2.45, 2.75) is 172 Å². The van der Waals surface area contributed by atoms with Crippen molar-refractivity contribution in [3.8, 4) is 0 Å². The molecular formula is C74H122N12O2. The number of allylic oxidation sites excluding steroid dienone is 4. The Labute approximate surface area is 534 Å². The van der Waals surface area contributed by atoms with Crippen molar-refractivity contribution in [1.82, 2.24) is 59.1 Å². The van der Waals surface area contributed by atoms with Gasteiger partial charge in [0, 0.05) is 87.3 Å². The van der Waals surface area contributed by atoms with Gasteiger partial charge in [0.2, 0.25) is 11.8 Å². The number of carbonyl (C=O) groups is 2. The van der Waals surface area contributed by atoms with Crippen LogP contribution in [0.3, 0.4) is 0 Å². The van der Waals surface area contributed by atoms with Crippen LogP contribution in [0.2, 0.25) is 0 Å². The molecule has 4 aliphatic rings. The van der Waals surface area contributed by atoms with Crippen LogP contribution in [0.4, 0.5) is 0 Å². The van der Waals surface area contributed by atoms with Crippen LogP contribution in [0.5, 0.6) is 0 Å². The predicted octanol–water partition coefficient (Wildman–Crippen LogP) is 13.2. The topological polar surface area (TPSA) is 117 Å². The van der Waals surface area contributed by atoms with Crippen molar-refractivity contribution in [3.05, 3.63) is 69.3 Å². The van der Waals surface area contributed by atoms with Crippen LogP contribution in [0.25, 0.3) is 44.4 Å². The van der Waals surface area contributed by atoms with E-state index in [0.29, 0.717) is 38.8 Å². The average molecular weight is 1210 g/mol. The molecule has 14 nitrogen and oxygen atoms in total. The Bertz CT molecular complexity index is 2970. The maximum Gasteiger partial charge on any atom is 0.222 e. The molecule has 0 aromatic carbocycles. The Morgan fingerprint density at radius 1 is 0.409 bits per heavy atom. The highest BCUT2D eigenvalue weighted by Gasteiger charge is 2.39. The molecule has 5 heterocycles.